The van der Waals surface area contributed by atoms with Crippen molar-refractivity contribution in [2.45, 2.75) is 5.92 Å². The lowest BCUT2D eigenvalue weighted by Gasteiger charge is -2.12. The lowest BCUT2D eigenvalue weighted by atomic mass is 10.0. The monoisotopic (exact) mass is 321 g/mol. The number of hydrogen-bond donors (Lipinski definition) is 1. The van der Waals surface area contributed by atoms with Crippen LogP contribution >= 0.6 is 15.9 Å². The molecule has 1 N–H and O–H groups in total. The summed E-state index contributed by atoms with van der Waals surface area (Å²) >= 11 is 3.15. The molecule has 1 atom stereocenters. The zero-order valence-corrected chi connectivity index (χ0v) is 11.8. The van der Waals surface area contributed by atoms with Crippen molar-refractivity contribution in [2.24, 2.45) is 0 Å². The molecule has 1 aliphatic heterocycles. The number of benzene rings is 2. The largest absolute Gasteiger partial charge is 0.493 e. The minimum atomic E-state index is -0.256. The molecule has 2 aromatic rings. The number of fused-ring (bicyclic) bond motifs is 1. The van der Waals surface area contributed by atoms with Gasteiger partial charge in [-0.15, -0.1) is 0 Å². The Kier molecular flexibility index (Phi) is 3.42. The van der Waals surface area contributed by atoms with Crippen molar-refractivity contribution in [1.29, 1.82) is 0 Å². The van der Waals surface area contributed by atoms with E-state index in [1.54, 1.807) is 6.07 Å². The maximum Gasteiger partial charge on any atom is 0.139 e. The van der Waals surface area contributed by atoms with E-state index in [0.717, 1.165) is 18.0 Å². The van der Waals surface area contributed by atoms with Crippen LogP contribution in [0.3, 0.4) is 0 Å². The maximum absolute atomic E-state index is 13.4. The fraction of sp³-hybridized carbons (Fsp3) is 0.200. The third-order valence-corrected chi connectivity index (χ3v) is 3.91. The van der Waals surface area contributed by atoms with Crippen molar-refractivity contribution < 1.29 is 9.13 Å². The van der Waals surface area contributed by atoms with Crippen molar-refractivity contribution in [3.8, 4) is 5.75 Å². The summed E-state index contributed by atoms with van der Waals surface area (Å²) in [6.45, 7) is 1.41. The van der Waals surface area contributed by atoms with Crippen molar-refractivity contribution in [3.05, 3.63) is 58.3 Å². The lowest BCUT2D eigenvalue weighted by molar-refractivity contribution is 0.334. The first kappa shape index (κ1) is 12.5. The molecule has 0 saturated carbocycles. The Labute approximate surface area is 119 Å². The van der Waals surface area contributed by atoms with E-state index in [4.69, 9.17) is 4.74 Å². The molecule has 1 unspecified atom stereocenters. The number of ether oxygens (including phenoxy) is 1. The fourth-order valence-corrected chi connectivity index (χ4v) is 2.49. The van der Waals surface area contributed by atoms with E-state index < -0.39 is 0 Å². The van der Waals surface area contributed by atoms with Gasteiger partial charge in [0.1, 0.15) is 11.6 Å². The minimum Gasteiger partial charge on any atom is -0.493 e. The summed E-state index contributed by atoms with van der Waals surface area (Å²) in [5.74, 6) is 1.01. The van der Waals surface area contributed by atoms with Crippen LogP contribution in [0.25, 0.3) is 0 Å². The molecule has 0 amide bonds. The molecule has 2 aromatic carbocycles. The van der Waals surface area contributed by atoms with E-state index >= 15 is 0 Å². The summed E-state index contributed by atoms with van der Waals surface area (Å²) in [6, 6.07) is 13.1. The highest BCUT2D eigenvalue weighted by Crippen LogP contribution is 2.33. The summed E-state index contributed by atoms with van der Waals surface area (Å²) in [7, 11) is 0. The SMILES string of the molecule is Fc1cc(NCC2COc3ccccc32)ccc1Br. The van der Waals surface area contributed by atoms with Crippen LogP contribution in [0.4, 0.5) is 10.1 Å². The summed E-state index contributed by atoms with van der Waals surface area (Å²) < 4.78 is 19.5. The smallest absolute Gasteiger partial charge is 0.139 e. The molecule has 0 bridgehead atoms. The zero-order valence-electron chi connectivity index (χ0n) is 10.2. The van der Waals surface area contributed by atoms with Crippen LogP contribution < -0.4 is 10.1 Å². The third-order valence-electron chi connectivity index (χ3n) is 3.27. The fourth-order valence-electron chi connectivity index (χ4n) is 2.25. The van der Waals surface area contributed by atoms with Crippen LogP contribution in [0.2, 0.25) is 0 Å². The molecule has 0 aliphatic carbocycles. The quantitative estimate of drug-likeness (QED) is 0.915. The highest BCUT2D eigenvalue weighted by molar-refractivity contribution is 9.10. The summed E-state index contributed by atoms with van der Waals surface area (Å²) in [4.78, 5) is 0. The van der Waals surface area contributed by atoms with E-state index in [0.29, 0.717) is 17.0 Å². The van der Waals surface area contributed by atoms with Gasteiger partial charge in [0.25, 0.3) is 0 Å². The molecule has 19 heavy (non-hydrogen) atoms. The van der Waals surface area contributed by atoms with Crippen LogP contribution in [0.15, 0.2) is 46.9 Å². The molecule has 0 saturated heterocycles. The van der Waals surface area contributed by atoms with Gasteiger partial charge >= 0.3 is 0 Å². The second-order valence-corrected chi connectivity index (χ2v) is 5.41. The minimum absolute atomic E-state index is 0.256. The van der Waals surface area contributed by atoms with Gasteiger partial charge < -0.3 is 10.1 Å². The Morgan fingerprint density at radius 3 is 2.95 bits per heavy atom. The van der Waals surface area contributed by atoms with Gasteiger partial charge in [0, 0.05) is 23.7 Å². The van der Waals surface area contributed by atoms with Gasteiger partial charge in [-0.2, -0.15) is 0 Å². The Morgan fingerprint density at radius 1 is 1.26 bits per heavy atom. The number of anilines is 1. The van der Waals surface area contributed by atoms with Crippen LogP contribution in [0, 0.1) is 5.82 Å². The average Bonchev–Trinajstić information content (AvgIpc) is 2.83. The molecule has 0 aromatic heterocycles. The highest BCUT2D eigenvalue weighted by Gasteiger charge is 2.23. The topological polar surface area (TPSA) is 21.3 Å². The molecule has 0 radical (unpaired) electrons. The molecular weight excluding hydrogens is 309 g/mol. The normalized spacial score (nSPS) is 16.8. The Hall–Kier alpha value is -1.55. The maximum atomic E-state index is 13.4. The van der Waals surface area contributed by atoms with E-state index in [2.05, 4.69) is 27.3 Å². The molecule has 4 heteroatoms. The van der Waals surface area contributed by atoms with Crippen molar-refractivity contribution in [1.82, 2.24) is 0 Å². The average molecular weight is 322 g/mol. The van der Waals surface area contributed by atoms with Gasteiger partial charge in [-0.1, -0.05) is 18.2 Å². The number of hydrogen-bond acceptors (Lipinski definition) is 2. The van der Waals surface area contributed by atoms with Crippen LogP contribution in [-0.2, 0) is 0 Å². The van der Waals surface area contributed by atoms with Gasteiger partial charge in [-0.25, -0.2) is 4.39 Å². The van der Waals surface area contributed by atoms with Crippen molar-refractivity contribution in [3.63, 3.8) is 0 Å². The summed E-state index contributed by atoms with van der Waals surface area (Å²) in [5, 5.41) is 3.25. The zero-order chi connectivity index (χ0) is 13.2. The number of rotatable bonds is 3. The molecule has 1 heterocycles. The van der Waals surface area contributed by atoms with Crippen LogP contribution in [-0.4, -0.2) is 13.2 Å². The molecule has 2 nitrogen and oxygen atoms in total. The number of para-hydroxylation sites is 1. The van der Waals surface area contributed by atoms with Gasteiger partial charge in [0.05, 0.1) is 11.1 Å². The summed E-state index contributed by atoms with van der Waals surface area (Å²) in [6.07, 6.45) is 0. The van der Waals surface area contributed by atoms with Gasteiger partial charge in [0.15, 0.2) is 0 Å². The Morgan fingerprint density at radius 2 is 2.11 bits per heavy atom. The molecule has 1 aliphatic rings. The third kappa shape index (κ3) is 2.59. The predicted molar refractivity (Wildman–Crippen MR) is 77.3 cm³/mol. The first-order chi connectivity index (χ1) is 9.24. The van der Waals surface area contributed by atoms with Crippen LogP contribution in [0.5, 0.6) is 5.75 Å². The van der Waals surface area contributed by atoms with Gasteiger partial charge in [-0.3, -0.25) is 0 Å². The molecule has 98 valence electrons. The van der Waals surface area contributed by atoms with E-state index in [1.807, 2.05) is 24.3 Å². The van der Waals surface area contributed by atoms with E-state index in [-0.39, 0.29) is 5.82 Å². The van der Waals surface area contributed by atoms with Crippen molar-refractivity contribution in [2.75, 3.05) is 18.5 Å². The van der Waals surface area contributed by atoms with Gasteiger partial charge in [0.2, 0.25) is 0 Å². The van der Waals surface area contributed by atoms with E-state index in [1.165, 1.54) is 11.6 Å². The van der Waals surface area contributed by atoms with E-state index in [9.17, 15) is 4.39 Å². The van der Waals surface area contributed by atoms with Gasteiger partial charge in [-0.05, 0) is 40.2 Å². The number of halogens is 2. The lowest BCUT2D eigenvalue weighted by Crippen LogP contribution is -2.13. The summed E-state index contributed by atoms with van der Waals surface area (Å²) in [5.41, 5.74) is 2.00. The molecule has 3 rings (SSSR count). The Bertz CT molecular complexity index is 602. The second-order valence-electron chi connectivity index (χ2n) is 4.56. The predicted octanol–water partition coefficient (Wildman–Crippen LogP) is 4.18. The Balaban J connectivity index is 1.69. The molecule has 0 fully saturated rings. The first-order valence-electron chi connectivity index (χ1n) is 6.14. The first-order valence-corrected chi connectivity index (χ1v) is 6.94. The second kappa shape index (κ2) is 5.21. The highest BCUT2D eigenvalue weighted by atomic mass is 79.9. The number of nitrogens with one attached hydrogen (secondary N) is 1. The van der Waals surface area contributed by atoms with Crippen LogP contribution in [0.1, 0.15) is 11.5 Å². The standard InChI is InChI=1S/C15H13BrFNO/c16-13-6-5-11(7-14(13)17)18-8-10-9-19-15-4-2-1-3-12(10)15/h1-7,10,18H,8-9H2. The molecule has 0 spiro atoms. The molecular formula is C15H13BrFNO. The van der Waals surface area contributed by atoms with Crippen molar-refractivity contribution >= 4 is 21.6 Å².